The van der Waals surface area contributed by atoms with Gasteiger partial charge in [-0.15, -0.1) is 0 Å². The van der Waals surface area contributed by atoms with Gasteiger partial charge in [-0.3, -0.25) is 4.98 Å². The van der Waals surface area contributed by atoms with Crippen molar-refractivity contribution in [2.75, 3.05) is 5.32 Å². The zero-order chi connectivity index (χ0) is 23.0. The molecule has 2 aliphatic rings. The number of hydrogen-bond acceptors (Lipinski definition) is 3. The molecule has 2 aliphatic carbocycles. The highest BCUT2D eigenvalue weighted by Gasteiger charge is 2.48. The molecule has 2 saturated carbocycles. The fourth-order valence-electron chi connectivity index (χ4n) is 6.06. The third-order valence-electron chi connectivity index (χ3n) is 8.19. The lowest BCUT2D eigenvalue weighted by Crippen LogP contribution is -2.43. The lowest BCUT2D eigenvalue weighted by Gasteiger charge is -2.54. The summed E-state index contributed by atoms with van der Waals surface area (Å²) in [4.78, 5) is 4.42. The Morgan fingerprint density at radius 1 is 1.15 bits per heavy atom. The van der Waals surface area contributed by atoms with Crippen molar-refractivity contribution in [2.24, 2.45) is 17.3 Å². The molecule has 0 bridgehead atoms. The van der Waals surface area contributed by atoms with Crippen LogP contribution in [0.5, 0.6) is 0 Å². The van der Waals surface area contributed by atoms with Crippen LogP contribution in [-0.4, -0.2) is 4.98 Å². The maximum Gasteiger partial charge on any atom is 0.123 e. The average molecular weight is 440 g/mol. The number of nitrogens with zero attached hydrogens (tertiary/aromatic N) is 2. The molecule has 3 nitrogen and oxygen atoms in total. The Morgan fingerprint density at radius 3 is 2.58 bits per heavy atom. The molecule has 1 atom stereocenters. The first kappa shape index (κ1) is 21.6. The van der Waals surface area contributed by atoms with Crippen LogP contribution in [0, 0.1) is 34.4 Å². The average Bonchev–Trinajstić information content (AvgIpc) is 2.82. The van der Waals surface area contributed by atoms with Crippen molar-refractivity contribution >= 4 is 16.6 Å². The minimum absolute atomic E-state index is 0.185. The maximum absolute atomic E-state index is 13.9. The summed E-state index contributed by atoms with van der Waals surface area (Å²) < 4.78 is 13.9. The topological polar surface area (TPSA) is 48.7 Å². The Kier molecular flexibility index (Phi) is 5.66. The first-order valence-corrected chi connectivity index (χ1v) is 12.0. The number of anilines is 1. The van der Waals surface area contributed by atoms with Gasteiger partial charge in [-0.2, -0.15) is 5.26 Å². The number of halogens is 1. The Bertz CT molecular complexity index is 1210. The fraction of sp³-hybridized carbons (Fsp3) is 0.379. The summed E-state index contributed by atoms with van der Waals surface area (Å²) in [5.41, 5.74) is 5.33. The fourth-order valence-corrected chi connectivity index (χ4v) is 6.06. The van der Waals surface area contributed by atoms with Crippen molar-refractivity contribution < 1.29 is 4.39 Å². The Balaban J connectivity index is 1.18. The van der Waals surface area contributed by atoms with E-state index in [1.807, 2.05) is 30.5 Å². The smallest absolute Gasteiger partial charge is 0.123 e. The maximum atomic E-state index is 13.9. The van der Waals surface area contributed by atoms with Crippen LogP contribution in [0.3, 0.4) is 0 Å². The van der Waals surface area contributed by atoms with Gasteiger partial charge >= 0.3 is 0 Å². The van der Waals surface area contributed by atoms with Crippen LogP contribution >= 0.6 is 0 Å². The van der Waals surface area contributed by atoms with E-state index >= 15 is 0 Å². The molecule has 4 heteroatoms. The van der Waals surface area contributed by atoms with Crippen molar-refractivity contribution in [3.8, 4) is 6.07 Å². The van der Waals surface area contributed by atoms with E-state index in [1.165, 1.54) is 50.2 Å². The van der Waals surface area contributed by atoms with E-state index in [9.17, 15) is 4.39 Å². The normalized spacial score (nSPS) is 25.2. The molecule has 1 N–H and O–H groups in total. The van der Waals surface area contributed by atoms with Crippen molar-refractivity contribution in [3.05, 3.63) is 83.9 Å². The second-order valence-electron chi connectivity index (χ2n) is 10.1. The zero-order valence-electron chi connectivity index (χ0n) is 19.2. The van der Waals surface area contributed by atoms with Gasteiger partial charge in [0.15, 0.2) is 0 Å². The molecule has 1 aromatic heterocycles. The predicted octanol–water partition coefficient (Wildman–Crippen LogP) is 7.56. The zero-order valence-corrected chi connectivity index (χ0v) is 19.2. The molecule has 168 valence electrons. The molecule has 1 spiro atoms. The Labute approximate surface area is 195 Å². The van der Waals surface area contributed by atoms with Crippen LogP contribution in [0.2, 0.25) is 0 Å². The summed E-state index contributed by atoms with van der Waals surface area (Å²) in [5.74, 6) is 1.38. The minimum atomic E-state index is -0.185. The molecule has 5 rings (SSSR count). The van der Waals surface area contributed by atoms with Gasteiger partial charge in [-0.1, -0.05) is 13.5 Å². The van der Waals surface area contributed by atoms with Crippen molar-refractivity contribution in [1.82, 2.24) is 4.98 Å². The number of nitriles is 1. The summed E-state index contributed by atoms with van der Waals surface area (Å²) in [6, 6.07) is 16.7. The van der Waals surface area contributed by atoms with Crippen LogP contribution in [0.25, 0.3) is 10.9 Å². The molecule has 0 radical (unpaired) electrons. The number of nitrogens with one attached hydrogen (secondary N) is 1. The van der Waals surface area contributed by atoms with Crippen LogP contribution < -0.4 is 5.32 Å². The number of aromatic nitrogens is 1. The van der Waals surface area contributed by atoms with E-state index in [0.717, 1.165) is 22.3 Å². The molecule has 2 fully saturated rings. The van der Waals surface area contributed by atoms with Crippen LogP contribution in [-0.2, 0) is 0 Å². The van der Waals surface area contributed by atoms with Gasteiger partial charge in [0, 0.05) is 23.0 Å². The largest absolute Gasteiger partial charge is 0.359 e. The van der Waals surface area contributed by atoms with Gasteiger partial charge in [0.25, 0.3) is 0 Å². The number of benzene rings is 2. The Hall–Kier alpha value is -3.19. The molecule has 3 aromatic rings. The van der Waals surface area contributed by atoms with Gasteiger partial charge in [0.2, 0.25) is 0 Å². The number of pyridine rings is 1. The van der Waals surface area contributed by atoms with E-state index in [-0.39, 0.29) is 5.82 Å². The van der Waals surface area contributed by atoms with E-state index < -0.39 is 0 Å². The second kappa shape index (κ2) is 8.63. The quantitative estimate of drug-likeness (QED) is 0.446. The van der Waals surface area contributed by atoms with E-state index in [0.29, 0.717) is 28.7 Å². The lowest BCUT2D eigenvalue weighted by atomic mass is 9.52. The summed E-state index contributed by atoms with van der Waals surface area (Å²) in [6.45, 7) is 6.58. The third kappa shape index (κ3) is 4.25. The van der Waals surface area contributed by atoms with Gasteiger partial charge < -0.3 is 5.32 Å². The highest BCUT2D eigenvalue weighted by molar-refractivity contribution is 5.82. The van der Waals surface area contributed by atoms with Gasteiger partial charge in [-0.05, 0) is 116 Å². The van der Waals surface area contributed by atoms with Crippen LogP contribution in [0.1, 0.15) is 62.5 Å². The summed E-state index contributed by atoms with van der Waals surface area (Å²) in [7, 11) is 0. The standard InChI is InChI=1S/C29H30FN3/c1-19(20(2)33-25-6-3-21(18-31)4-7-25)23-16-29(17-23)12-9-22(10-13-29)26-11-14-32-28-8-5-24(30)15-27(26)28/h3-8,11,14-15,19,22-23,33H,2,9-10,12-13,16-17H2,1H3. The van der Waals surface area contributed by atoms with Crippen LogP contribution in [0.4, 0.5) is 10.1 Å². The third-order valence-corrected chi connectivity index (χ3v) is 8.19. The predicted molar refractivity (Wildman–Crippen MR) is 131 cm³/mol. The molecule has 0 amide bonds. The molecular formula is C29H30FN3. The van der Waals surface area contributed by atoms with Crippen molar-refractivity contribution in [2.45, 2.75) is 51.4 Å². The number of rotatable bonds is 5. The first-order chi connectivity index (χ1) is 16.0. The lowest BCUT2D eigenvalue weighted by molar-refractivity contribution is -0.00863. The molecular weight excluding hydrogens is 409 g/mol. The van der Waals surface area contributed by atoms with Crippen molar-refractivity contribution in [1.29, 1.82) is 5.26 Å². The number of hydrogen-bond donors (Lipinski definition) is 1. The van der Waals surface area contributed by atoms with E-state index in [1.54, 1.807) is 12.1 Å². The molecule has 1 unspecified atom stereocenters. The van der Waals surface area contributed by atoms with E-state index in [2.05, 4.69) is 35.9 Å². The number of fused-ring (bicyclic) bond motifs is 1. The summed E-state index contributed by atoms with van der Waals surface area (Å²) >= 11 is 0. The molecule has 1 heterocycles. The molecule has 0 saturated heterocycles. The highest BCUT2D eigenvalue weighted by Crippen LogP contribution is 2.59. The monoisotopic (exact) mass is 439 g/mol. The Morgan fingerprint density at radius 2 is 1.88 bits per heavy atom. The molecule has 2 aromatic carbocycles. The highest BCUT2D eigenvalue weighted by atomic mass is 19.1. The van der Waals surface area contributed by atoms with E-state index in [4.69, 9.17) is 5.26 Å². The minimum Gasteiger partial charge on any atom is -0.359 e. The number of allylic oxidation sites excluding steroid dienone is 1. The first-order valence-electron chi connectivity index (χ1n) is 12.0. The SMILES string of the molecule is C=C(Nc1ccc(C#N)cc1)C(C)C1CC2(CCC(c3ccnc4ccc(F)cc34)CC2)C1. The summed E-state index contributed by atoms with van der Waals surface area (Å²) in [6.07, 6.45) is 9.22. The van der Waals surface area contributed by atoms with Crippen LogP contribution in [0.15, 0.2) is 67.0 Å². The van der Waals surface area contributed by atoms with Gasteiger partial charge in [-0.25, -0.2) is 4.39 Å². The summed E-state index contributed by atoms with van der Waals surface area (Å²) in [5, 5.41) is 13.4. The van der Waals surface area contributed by atoms with Gasteiger partial charge in [0.1, 0.15) is 5.82 Å². The second-order valence-corrected chi connectivity index (χ2v) is 10.1. The van der Waals surface area contributed by atoms with Gasteiger partial charge in [0.05, 0.1) is 17.1 Å². The molecule has 0 aliphatic heterocycles. The van der Waals surface area contributed by atoms with Crippen molar-refractivity contribution in [3.63, 3.8) is 0 Å². The molecule has 33 heavy (non-hydrogen) atoms.